The maximum absolute atomic E-state index is 10.9. The van der Waals surface area contributed by atoms with Crippen molar-refractivity contribution in [1.82, 2.24) is 4.90 Å². The summed E-state index contributed by atoms with van der Waals surface area (Å²) in [5, 5.41) is 0.640. The van der Waals surface area contributed by atoms with E-state index in [1.165, 1.54) is 0 Å². The number of likely N-dealkylation sites (N-methyl/N-ethyl adjacent to an activating group) is 1. The maximum Gasteiger partial charge on any atom is 0.234 e. The largest absolute Gasteiger partial charge is 0.492 e. The quantitative estimate of drug-likeness (QED) is 0.840. The molecule has 5 heteroatoms. The molecule has 1 atom stereocenters. The highest BCUT2D eigenvalue weighted by atomic mass is 35.5. The summed E-state index contributed by atoms with van der Waals surface area (Å²) in [6, 6.07) is 6.91. The summed E-state index contributed by atoms with van der Waals surface area (Å²) in [5.74, 6) is 0.382. The first-order valence-corrected chi connectivity index (χ1v) is 5.76. The molecule has 17 heavy (non-hydrogen) atoms. The van der Waals surface area contributed by atoms with E-state index in [-0.39, 0.29) is 11.9 Å². The predicted molar refractivity (Wildman–Crippen MR) is 68.2 cm³/mol. The average Bonchev–Trinajstić information content (AvgIpc) is 2.27. The van der Waals surface area contributed by atoms with Crippen molar-refractivity contribution in [3.05, 3.63) is 29.3 Å². The number of ether oxygens (including phenoxy) is 1. The lowest BCUT2D eigenvalue weighted by molar-refractivity contribution is -0.122. The fourth-order valence-corrected chi connectivity index (χ4v) is 1.46. The van der Waals surface area contributed by atoms with Gasteiger partial charge in [-0.1, -0.05) is 17.7 Å². The third-order valence-electron chi connectivity index (χ3n) is 2.58. The number of benzene rings is 1. The molecule has 1 amide bonds. The van der Waals surface area contributed by atoms with Crippen molar-refractivity contribution in [2.45, 2.75) is 13.0 Å². The normalized spacial score (nSPS) is 12.5. The van der Waals surface area contributed by atoms with E-state index in [1.54, 1.807) is 19.1 Å². The molecule has 94 valence electrons. The summed E-state index contributed by atoms with van der Waals surface area (Å²) < 4.78 is 5.51. The van der Waals surface area contributed by atoms with Crippen LogP contribution in [0.15, 0.2) is 24.3 Å². The lowest BCUT2D eigenvalue weighted by atomic mass is 10.3. The van der Waals surface area contributed by atoms with Gasteiger partial charge >= 0.3 is 0 Å². The first-order valence-electron chi connectivity index (χ1n) is 5.38. The van der Waals surface area contributed by atoms with Crippen molar-refractivity contribution in [3.63, 3.8) is 0 Å². The Kier molecular flexibility index (Phi) is 5.25. The monoisotopic (exact) mass is 256 g/mol. The molecule has 0 bridgehead atoms. The van der Waals surface area contributed by atoms with E-state index in [4.69, 9.17) is 22.1 Å². The molecule has 0 aliphatic heterocycles. The molecule has 0 saturated carbocycles. The Morgan fingerprint density at radius 2 is 2.29 bits per heavy atom. The van der Waals surface area contributed by atoms with Gasteiger partial charge in [-0.15, -0.1) is 0 Å². The Bertz CT molecular complexity index is 385. The fraction of sp³-hybridized carbons (Fsp3) is 0.417. The van der Waals surface area contributed by atoms with E-state index in [0.29, 0.717) is 18.2 Å². The molecular formula is C12H17ClN2O2. The second-order valence-corrected chi connectivity index (χ2v) is 4.30. The highest BCUT2D eigenvalue weighted by Crippen LogP contribution is 2.16. The summed E-state index contributed by atoms with van der Waals surface area (Å²) in [6.07, 6.45) is 0. The SMILES string of the molecule is C[C@H](C(N)=O)N(C)CCOc1cccc(Cl)c1. The van der Waals surface area contributed by atoms with Gasteiger partial charge in [0.2, 0.25) is 5.91 Å². The number of nitrogens with zero attached hydrogens (tertiary/aromatic N) is 1. The van der Waals surface area contributed by atoms with Crippen LogP contribution in [0.5, 0.6) is 5.75 Å². The molecule has 0 heterocycles. The zero-order valence-corrected chi connectivity index (χ0v) is 10.8. The van der Waals surface area contributed by atoms with Gasteiger partial charge in [0.05, 0.1) is 6.04 Å². The summed E-state index contributed by atoms with van der Waals surface area (Å²) in [7, 11) is 1.83. The molecule has 0 fully saturated rings. The van der Waals surface area contributed by atoms with Crippen LogP contribution in [0.25, 0.3) is 0 Å². The molecule has 0 radical (unpaired) electrons. The van der Waals surface area contributed by atoms with Crippen molar-refractivity contribution in [2.75, 3.05) is 20.2 Å². The van der Waals surface area contributed by atoms with Crippen molar-refractivity contribution in [1.29, 1.82) is 0 Å². The number of hydrogen-bond donors (Lipinski definition) is 1. The summed E-state index contributed by atoms with van der Waals surface area (Å²) in [4.78, 5) is 12.8. The highest BCUT2D eigenvalue weighted by Gasteiger charge is 2.14. The Labute approximate surface area is 106 Å². The van der Waals surface area contributed by atoms with E-state index in [0.717, 1.165) is 5.75 Å². The summed E-state index contributed by atoms with van der Waals surface area (Å²) in [6.45, 7) is 2.87. The van der Waals surface area contributed by atoms with Crippen LogP contribution >= 0.6 is 11.6 Å². The van der Waals surface area contributed by atoms with Crippen molar-refractivity contribution < 1.29 is 9.53 Å². The Balaban J connectivity index is 2.35. The number of carbonyl (C=O) groups is 1. The molecule has 0 aromatic heterocycles. The number of hydrogen-bond acceptors (Lipinski definition) is 3. The topological polar surface area (TPSA) is 55.6 Å². The van der Waals surface area contributed by atoms with E-state index >= 15 is 0 Å². The fourth-order valence-electron chi connectivity index (χ4n) is 1.28. The van der Waals surface area contributed by atoms with Crippen LogP contribution in [-0.2, 0) is 4.79 Å². The van der Waals surface area contributed by atoms with Crippen LogP contribution in [0.3, 0.4) is 0 Å². The molecule has 0 aliphatic carbocycles. The minimum Gasteiger partial charge on any atom is -0.492 e. The number of amides is 1. The van der Waals surface area contributed by atoms with Gasteiger partial charge in [-0.3, -0.25) is 9.69 Å². The Morgan fingerprint density at radius 1 is 1.59 bits per heavy atom. The van der Waals surface area contributed by atoms with E-state index in [1.807, 2.05) is 24.1 Å². The van der Waals surface area contributed by atoms with Crippen LogP contribution in [0.4, 0.5) is 0 Å². The second-order valence-electron chi connectivity index (χ2n) is 3.86. The van der Waals surface area contributed by atoms with Gasteiger partial charge in [0.15, 0.2) is 0 Å². The third kappa shape index (κ3) is 4.63. The molecule has 0 saturated heterocycles. The first-order chi connectivity index (χ1) is 8.00. The highest BCUT2D eigenvalue weighted by molar-refractivity contribution is 6.30. The molecule has 0 unspecified atom stereocenters. The maximum atomic E-state index is 10.9. The molecule has 0 spiro atoms. The second kappa shape index (κ2) is 6.47. The van der Waals surface area contributed by atoms with Gasteiger partial charge in [-0.05, 0) is 32.2 Å². The molecule has 1 aromatic carbocycles. The minimum absolute atomic E-state index is 0.294. The van der Waals surface area contributed by atoms with Crippen molar-refractivity contribution in [2.24, 2.45) is 5.73 Å². The zero-order chi connectivity index (χ0) is 12.8. The lowest BCUT2D eigenvalue weighted by Crippen LogP contribution is -2.41. The van der Waals surface area contributed by atoms with Crippen LogP contribution in [0.2, 0.25) is 5.02 Å². The molecule has 4 nitrogen and oxygen atoms in total. The lowest BCUT2D eigenvalue weighted by Gasteiger charge is -2.21. The summed E-state index contributed by atoms with van der Waals surface area (Å²) in [5.41, 5.74) is 5.20. The minimum atomic E-state index is -0.338. The van der Waals surface area contributed by atoms with Gasteiger partial charge in [0.25, 0.3) is 0 Å². The Hall–Kier alpha value is -1.26. The molecule has 1 aromatic rings. The van der Waals surface area contributed by atoms with Crippen molar-refractivity contribution >= 4 is 17.5 Å². The van der Waals surface area contributed by atoms with Crippen LogP contribution in [0, 0.1) is 0 Å². The zero-order valence-electron chi connectivity index (χ0n) is 10.0. The average molecular weight is 257 g/mol. The van der Waals surface area contributed by atoms with Gasteiger partial charge in [0.1, 0.15) is 12.4 Å². The number of primary amides is 1. The Morgan fingerprint density at radius 3 is 2.88 bits per heavy atom. The van der Waals surface area contributed by atoms with Gasteiger partial charge in [-0.25, -0.2) is 0 Å². The predicted octanol–water partition coefficient (Wildman–Crippen LogP) is 1.52. The van der Waals surface area contributed by atoms with Crippen LogP contribution < -0.4 is 10.5 Å². The molecule has 1 rings (SSSR count). The molecular weight excluding hydrogens is 240 g/mol. The van der Waals surface area contributed by atoms with Gasteiger partial charge in [-0.2, -0.15) is 0 Å². The third-order valence-corrected chi connectivity index (χ3v) is 2.82. The standard InChI is InChI=1S/C12H17ClN2O2/c1-9(12(14)16)15(2)6-7-17-11-5-3-4-10(13)8-11/h3-5,8-9H,6-7H2,1-2H3,(H2,14,16)/t9-/m1/s1. The summed E-state index contributed by atoms with van der Waals surface area (Å²) >= 11 is 5.83. The van der Waals surface area contributed by atoms with Crippen LogP contribution in [-0.4, -0.2) is 37.0 Å². The van der Waals surface area contributed by atoms with Gasteiger partial charge < -0.3 is 10.5 Å². The number of carbonyl (C=O) groups excluding carboxylic acids is 1. The number of rotatable bonds is 6. The first kappa shape index (κ1) is 13.8. The van der Waals surface area contributed by atoms with Crippen molar-refractivity contribution in [3.8, 4) is 5.75 Å². The number of nitrogens with two attached hydrogens (primary N) is 1. The van der Waals surface area contributed by atoms with E-state index in [2.05, 4.69) is 0 Å². The molecule has 0 aliphatic rings. The number of halogens is 1. The smallest absolute Gasteiger partial charge is 0.234 e. The van der Waals surface area contributed by atoms with E-state index in [9.17, 15) is 4.79 Å². The molecule has 2 N–H and O–H groups in total. The van der Waals surface area contributed by atoms with Gasteiger partial charge in [0, 0.05) is 11.6 Å². The van der Waals surface area contributed by atoms with E-state index < -0.39 is 0 Å². The van der Waals surface area contributed by atoms with Crippen LogP contribution in [0.1, 0.15) is 6.92 Å².